The second kappa shape index (κ2) is 6.20. The Morgan fingerprint density at radius 1 is 1.24 bits per heavy atom. The van der Waals surface area contributed by atoms with Crippen LogP contribution in [0, 0.1) is 0 Å². The zero-order valence-electron chi connectivity index (χ0n) is 12.4. The summed E-state index contributed by atoms with van der Waals surface area (Å²) in [5.74, 6) is 0.970. The molecule has 1 aliphatic heterocycles. The SMILES string of the molecule is COc1ccc2c(CC(=O)N3CCCCCC3)coc2c1. The maximum absolute atomic E-state index is 12.4. The van der Waals surface area contributed by atoms with E-state index in [1.165, 1.54) is 12.8 Å². The maximum Gasteiger partial charge on any atom is 0.227 e. The molecule has 2 aromatic rings. The third-order valence-corrected chi connectivity index (χ3v) is 4.16. The van der Waals surface area contributed by atoms with E-state index >= 15 is 0 Å². The molecule has 0 unspecified atom stereocenters. The fourth-order valence-electron chi connectivity index (χ4n) is 2.92. The van der Waals surface area contributed by atoms with Gasteiger partial charge in [-0.3, -0.25) is 4.79 Å². The van der Waals surface area contributed by atoms with E-state index in [1.807, 2.05) is 23.1 Å². The third-order valence-electron chi connectivity index (χ3n) is 4.16. The Kier molecular flexibility index (Phi) is 4.13. The molecule has 1 aromatic carbocycles. The third kappa shape index (κ3) is 3.04. The summed E-state index contributed by atoms with van der Waals surface area (Å²) in [6.45, 7) is 1.78. The Balaban J connectivity index is 1.76. The van der Waals surface area contributed by atoms with Gasteiger partial charge in [-0.15, -0.1) is 0 Å². The Labute approximate surface area is 124 Å². The number of benzene rings is 1. The summed E-state index contributed by atoms with van der Waals surface area (Å²) in [7, 11) is 1.63. The number of carbonyl (C=O) groups excluding carboxylic acids is 1. The second-order valence-electron chi connectivity index (χ2n) is 5.59. The number of carbonyl (C=O) groups is 1. The molecule has 2 heterocycles. The molecule has 1 saturated heterocycles. The summed E-state index contributed by atoms with van der Waals surface area (Å²) < 4.78 is 10.7. The summed E-state index contributed by atoms with van der Waals surface area (Å²) in [6, 6.07) is 5.72. The molecule has 0 bridgehead atoms. The van der Waals surface area contributed by atoms with Crippen molar-refractivity contribution in [2.24, 2.45) is 0 Å². The van der Waals surface area contributed by atoms with E-state index in [2.05, 4.69) is 0 Å². The van der Waals surface area contributed by atoms with Crippen LogP contribution < -0.4 is 4.74 Å². The minimum Gasteiger partial charge on any atom is -0.497 e. The number of ether oxygens (including phenoxy) is 1. The van der Waals surface area contributed by atoms with Gasteiger partial charge in [-0.2, -0.15) is 0 Å². The van der Waals surface area contributed by atoms with Crippen LogP contribution in [0.5, 0.6) is 5.75 Å². The van der Waals surface area contributed by atoms with Crippen molar-refractivity contribution in [3.05, 3.63) is 30.0 Å². The standard InChI is InChI=1S/C17H21NO3/c1-20-14-6-7-15-13(12-21-16(15)11-14)10-17(19)18-8-4-2-3-5-9-18/h6-7,11-12H,2-5,8-10H2,1H3. The number of likely N-dealkylation sites (tertiary alicyclic amines) is 1. The van der Waals surface area contributed by atoms with Crippen molar-refractivity contribution in [2.75, 3.05) is 20.2 Å². The number of rotatable bonds is 3. The summed E-state index contributed by atoms with van der Waals surface area (Å²) in [6.07, 6.45) is 6.82. The van der Waals surface area contributed by atoms with E-state index in [4.69, 9.17) is 9.15 Å². The summed E-state index contributed by atoms with van der Waals surface area (Å²) in [4.78, 5) is 14.4. The van der Waals surface area contributed by atoms with Crippen molar-refractivity contribution in [1.29, 1.82) is 0 Å². The van der Waals surface area contributed by atoms with E-state index in [0.717, 1.165) is 48.2 Å². The molecule has 0 radical (unpaired) electrons. The quantitative estimate of drug-likeness (QED) is 0.869. The zero-order valence-corrected chi connectivity index (χ0v) is 12.4. The molecule has 1 amide bonds. The lowest BCUT2D eigenvalue weighted by Gasteiger charge is -2.19. The van der Waals surface area contributed by atoms with Gasteiger partial charge in [0.25, 0.3) is 0 Å². The average Bonchev–Trinajstić information content (AvgIpc) is 2.73. The molecule has 1 aromatic heterocycles. The maximum atomic E-state index is 12.4. The Morgan fingerprint density at radius 3 is 2.71 bits per heavy atom. The van der Waals surface area contributed by atoms with E-state index in [0.29, 0.717) is 6.42 Å². The van der Waals surface area contributed by atoms with E-state index in [1.54, 1.807) is 13.4 Å². The summed E-state index contributed by atoms with van der Waals surface area (Å²) >= 11 is 0. The first-order valence-electron chi connectivity index (χ1n) is 7.60. The van der Waals surface area contributed by atoms with Gasteiger partial charge in [-0.25, -0.2) is 0 Å². The van der Waals surface area contributed by atoms with Crippen LogP contribution in [-0.4, -0.2) is 31.0 Å². The minimum absolute atomic E-state index is 0.204. The molecule has 0 saturated carbocycles. The van der Waals surface area contributed by atoms with Crippen molar-refractivity contribution in [1.82, 2.24) is 4.90 Å². The van der Waals surface area contributed by atoms with Crippen LogP contribution in [0.1, 0.15) is 31.2 Å². The van der Waals surface area contributed by atoms with Crippen molar-refractivity contribution in [3.8, 4) is 5.75 Å². The van der Waals surface area contributed by atoms with Crippen molar-refractivity contribution < 1.29 is 13.9 Å². The zero-order chi connectivity index (χ0) is 14.7. The molecule has 0 aliphatic carbocycles. The predicted molar refractivity (Wildman–Crippen MR) is 81.5 cm³/mol. The number of nitrogens with zero attached hydrogens (tertiary/aromatic N) is 1. The number of amides is 1. The van der Waals surface area contributed by atoms with Gasteiger partial charge in [0.05, 0.1) is 19.8 Å². The molecule has 0 spiro atoms. The van der Waals surface area contributed by atoms with Crippen LogP contribution in [0.25, 0.3) is 11.0 Å². The van der Waals surface area contributed by atoms with Gasteiger partial charge in [-0.05, 0) is 25.0 Å². The summed E-state index contributed by atoms with van der Waals surface area (Å²) in [5.41, 5.74) is 1.73. The minimum atomic E-state index is 0.204. The van der Waals surface area contributed by atoms with Crippen LogP contribution in [0.4, 0.5) is 0 Å². The molecule has 0 N–H and O–H groups in total. The van der Waals surface area contributed by atoms with Crippen molar-refractivity contribution >= 4 is 16.9 Å². The fourth-order valence-corrected chi connectivity index (χ4v) is 2.92. The Hall–Kier alpha value is -1.97. The van der Waals surface area contributed by atoms with Crippen molar-refractivity contribution in [2.45, 2.75) is 32.1 Å². The van der Waals surface area contributed by atoms with Crippen LogP contribution in [0.2, 0.25) is 0 Å². The first-order valence-corrected chi connectivity index (χ1v) is 7.60. The lowest BCUT2D eigenvalue weighted by Crippen LogP contribution is -2.32. The average molecular weight is 287 g/mol. The topological polar surface area (TPSA) is 42.7 Å². The molecular weight excluding hydrogens is 266 g/mol. The van der Waals surface area contributed by atoms with Crippen molar-refractivity contribution in [3.63, 3.8) is 0 Å². The monoisotopic (exact) mass is 287 g/mol. The highest BCUT2D eigenvalue weighted by Crippen LogP contribution is 2.26. The molecule has 3 rings (SSSR count). The largest absolute Gasteiger partial charge is 0.497 e. The van der Waals surface area contributed by atoms with Crippen LogP contribution in [-0.2, 0) is 11.2 Å². The first kappa shape index (κ1) is 14.0. The highest BCUT2D eigenvalue weighted by atomic mass is 16.5. The lowest BCUT2D eigenvalue weighted by molar-refractivity contribution is -0.130. The molecule has 21 heavy (non-hydrogen) atoms. The Bertz CT molecular complexity index is 624. The number of fused-ring (bicyclic) bond motifs is 1. The second-order valence-corrected chi connectivity index (χ2v) is 5.59. The highest BCUT2D eigenvalue weighted by Gasteiger charge is 2.18. The highest BCUT2D eigenvalue weighted by molar-refractivity contribution is 5.88. The molecule has 112 valence electrons. The molecule has 1 fully saturated rings. The van der Waals surface area contributed by atoms with Gasteiger partial charge in [0.2, 0.25) is 5.91 Å². The van der Waals surface area contributed by atoms with Gasteiger partial charge in [-0.1, -0.05) is 12.8 Å². The van der Waals surface area contributed by atoms with Gasteiger partial charge in [0, 0.05) is 30.1 Å². The number of methoxy groups -OCH3 is 1. The predicted octanol–water partition coefficient (Wildman–Crippen LogP) is 3.39. The lowest BCUT2D eigenvalue weighted by atomic mass is 10.1. The number of hydrogen-bond acceptors (Lipinski definition) is 3. The Morgan fingerprint density at radius 2 is 2.00 bits per heavy atom. The normalized spacial score (nSPS) is 16.0. The van der Waals surface area contributed by atoms with Gasteiger partial charge in [0.1, 0.15) is 11.3 Å². The van der Waals surface area contributed by atoms with E-state index < -0.39 is 0 Å². The molecular formula is C17H21NO3. The number of hydrogen-bond donors (Lipinski definition) is 0. The molecule has 4 heteroatoms. The smallest absolute Gasteiger partial charge is 0.227 e. The number of furan rings is 1. The molecule has 1 aliphatic rings. The van der Waals surface area contributed by atoms with Crippen LogP contribution in [0.3, 0.4) is 0 Å². The van der Waals surface area contributed by atoms with Gasteiger partial charge < -0.3 is 14.1 Å². The van der Waals surface area contributed by atoms with E-state index in [-0.39, 0.29) is 5.91 Å². The molecule has 4 nitrogen and oxygen atoms in total. The van der Waals surface area contributed by atoms with E-state index in [9.17, 15) is 4.79 Å². The van der Waals surface area contributed by atoms with Gasteiger partial charge >= 0.3 is 0 Å². The first-order chi connectivity index (χ1) is 10.3. The fraction of sp³-hybridized carbons (Fsp3) is 0.471. The summed E-state index contributed by atoms with van der Waals surface area (Å²) in [5, 5.41) is 0.999. The van der Waals surface area contributed by atoms with Gasteiger partial charge in [0.15, 0.2) is 0 Å². The van der Waals surface area contributed by atoms with Crippen LogP contribution >= 0.6 is 0 Å². The van der Waals surface area contributed by atoms with Crippen LogP contribution in [0.15, 0.2) is 28.9 Å². The molecule has 0 atom stereocenters.